The van der Waals surface area contributed by atoms with E-state index in [0.29, 0.717) is 10.2 Å². The highest BCUT2D eigenvalue weighted by molar-refractivity contribution is 5.77. The van der Waals surface area contributed by atoms with Crippen LogP contribution in [-0.4, -0.2) is 15.7 Å². The standard InChI is InChI=1S/C18H11F3N4O/c19-18(20,21)17-23-13-9-5-4-8-12(13)16(26)25(17)24-14(10-22)15(24)11-6-2-1-3-7-11/h1-9,14-15H/t14-,15-,24?/m1/s1. The number of halogens is 3. The average Bonchev–Trinajstić information content (AvgIpc) is 3.35. The molecule has 1 fully saturated rings. The van der Waals surface area contributed by atoms with Gasteiger partial charge in [-0.25, -0.2) is 4.98 Å². The number of nitriles is 1. The monoisotopic (exact) mass is 356 g/mol. The van der Waals surface area contributed by atoms with Gasteiger partial charge in [0, 0.05) is 0 Å². The molecule has 0 N–H and O–H groups in total. The van der Waals surface area contributed by atoms with Gasteiger partial charge >= 0.3 is 6.18 Å². The number of para-hydroxylation sites is 1. The Morgan fingerprint density at radius 2 is 1.69 bits per heavy atom. The third-order valence-electron chi connectivity index (χ3n) is 4.29. The molecule has 26 heavy (non-hydrogen) atoms. The Bertz CT molecular complexity index is 1090. The van der Waals surface area contributed by atoms with E-state index in [2.05, 4.69) is 4.98 Å². The highest BCUT2D eigenvalue weighted by atomic mass is 19.4. The van der Waals surface area contributed by atoms with Gasteiger partial charge in [-0.2, -0.15) is 23.1 Å². The maximum atomic E-state index is 13.6. The minimum Gasteiger partial charge on any atom is -0.278 e. The van der Waals surface area contributed by atoms with Crippen molar-refractivity contribution in [1.29, 1.82) is 5.26 Å². The van der Waals surface area contributed by atoms with Crippen LogP contribution in [0.3, 0.4) is 0 Å². The molecule has 2 aromatic carbocycles. The van der Waals surface area contributed by atoms with Crippen molar-refractivity contribution in [3.05, 3.63) is 76.3 Å². The van der Waals surface area contributed by atoms with Crippen molar-refractivity contribution in [2.24, 2.45) is 0 Å². The van der Waals surface area contributed by atoms with Crippen LogP contribution in [0.1, 0.15) is 17.4 Å². The molecule has 0 radical (unpaired) electrons. The Balaban J connectivity index is 1.95. The van der Waals surface area contributed by atoms with Gasteiger partial charge in [-0.1, -0.05) is 42.5 Å². The predicted molar refractivity (Wildman–Crippen MR) is 87.8 cm³/mol. The lowest BCUT2D eigenvalue weighted by Crippen LogP contribution is -2.37. The van der Waals surface area contributed by atoms with Gasteiger partial charge in [0.15, 0.2) is 6.04 Å². The van der Waals surface area contributed by atoms with Gasteiger partial charge in [-0.15, -0.1) is 0 Å². The van der Waals surface area contributed by atoms with E-state index < -0.39 is 29.6 Å². The zero-order valence-electron chi connectivity index (χ0n) is 13.2. The number of aromatic nitrogens is 2. The van der Waals surface area contributed by atoms with Crippen LogP contribution in [0.5, 0.6) is 0 Å². The predicted octanol–water partition coefficient (Wildman–Crippen LogP) is 3.00. The van der Waals surface area contributed by atoms with Crippen molar-refractivity contribution in [2.75, 3.05) is 5.01 Å². The molecule has 5 nitrogen and oxygen atoms in total. The molecule has 130 valence electrons. The molecule has 0 bridgehead atoms. The van der Waals surface area contributed by atoms with Gasteiger partial charge in [0.25, 0.3) is 5.56 Å². The topological polar surface area (TPSA) is 61.7 Å². The molecule has 3 aromatic rings. The second-order valence-electron chi connectivity index (χ2n) is 5.88. The Morgan fingerprint density at radius 3 is 2.35 bits per heavy atom. The van der Waals surface area contributed by atoms with E-state index in [9.17, 15) is 23.2 Å². The molecule has 0 amide bonds. The van der Waals surface area contributed by atoms with Crippen molar-refractivity contribution in [2.45, 2.75) is 18.3 Å². The molecule has 1 aliphatic heterocycles. The summed E-state index contributed by atoms with van der Waals surface area (Å²) in [6, 6.07) is 14.9. The number of benzene rings is 2. The first-order valence-corrected chi connectivity index (χ1v) is 7.75. The molecule has 0 spiro atoms. The Kier molecular flexibility index (Phi) is 3.47. The number of hydrogen-bond donors (Lipinski definition) is 0. The van der Waals surface area contributed by atoms with E-state index in [-0.39, 0.29) is 10.9 Å². The zero-order valence-corrected chi connectivity index (χ0v) is 13.2. The molecular weight excluding hydrogens is 345 g/mol. The number of nitrogens with zero attached hydrogens (tertiary/aromatic N) is 4. The Labute approximate surface area is 145 Å². The van der Waals surface area contributed by atoms with Crippen LogP contribution in [0.2, 0.25) is 0 Å². The molecular formula is C18H11F3N4O. The summed E-state index contributed by atoms with van der Waals surface area (Å²) >= 11 is 0. The highest BCUT2D eigenvalue weighted by Crippen LogP contribution is 2.42. The molecule has 0 saturated carbocycles. The van der Waals surface area contributed by atoms with Gasteiger partial charge in [0.05, 0.1) is 17.0 Å². The van der Waals surface area contributed by atoms with E-state index in [0.717, 1.165) is 5.01 Å². The fourth-order valence-electron chi connectivity index (χ4n) is 3.11. The summed E-state index contributed by atoms with van der Waals surface area (Å²) in [7, 11) is 0. The number of fused-ring (bicyclic) bond motifs is 1. The maximum Gasteiger partial charge on any atom is 0.451 e. The third kappa shape index (κ3) is 2.40. The maximum absolute atomic E-state index is 13.6. The first-order valence-electron chi connectivity index (χ1n) is 7.75. The van der Waals surface area contributed by atoms with Crippen LogP contribution in [0.4, 0.5) is 13.2 Å². The quantitative estimate of drug-likeness (QED) is 0.663. The lowest BCUT2D eigenvalue weighted by atomic mass is 10.1. The molecule has 0 aliphatic carbocycles. The summed E-state index contributed by atoms with van der Waals surface area (Å²) in [5.41, 5.74) is -0.221. The summed E-state index contributed by atoms with van der Waals surface area (Å²) in [4.78, 5) is 16.4. The van der Waals surface area contributed by atoms with E-state index in [4.69, 9.17) is 0 Å². The second-order valence-corrected chi connectivity index (χ2v) is 5.88. The van der Waals surface area contributed by atoms with Crippen molar-refractivity contribution in [1.82, 2.24) is 9.66 Å². The van der Waals surface area contributed by atoms with E-state index in [1.165, 1.54) is 18.2 Å². The van der Waals surface area contributed by atoms with Crippen molar-refractivity contribution >= 4 is 10.9 Å². The lowest BCUT2D eigenvalue weighted by Gasteiger charge is -2.17. The fraction of sp³-hybridized carbons (Fsp3) is 0.167. The smallest absolute Gasteiger partial charge is 0.278 e. The minimum atomic E-state index is -4.84. The first-order chi connectivity index (χ1) is 12.4. The molecule has 4 rings (SSSR count). The van der Waals surface area contributed by atoms with Crippen molar-refractivity contribution in [3.8, 4) is 6.07 Å². The lowest BCUT2D eigenvalue weighted by molar-refractivity contribution is -0.147. The summed E-state index contributed by atoms with van der Waals surface area (Å²) in [5.74, 6) is -1.33. The van der Waals surface area contributed by atoms with Crippen LogP contribution in [0, 0.1) is 11.3 Å². The molecule has 1 aromatic heterocycles. The second kappa shape index (κ2) is 5.59. The first kappa shape index (κ1) is 16.1. The van der Waals surface area contributed by atoms with Gasteiger partial charge in [0.2, 0.25) is 5.82 Å². The average molecular weight is 356 g/mol. The number of hydrogen-bond acceptors (Lipinski definition) is 4. The van der Waals surface area contributed by atoms with Crippen LogP contribution >= 0.6 is 0 Å². The van der Waals surface area contributed by atoms with Crippen LogP contribution in [0.25, 0.3) is 10.9 Å². The highest BCUT2D eigenvalue weighted by Gasteiger charge is 2.53. The molecule has 8 heteroatoms. The Morgan fingerprint density at radius 1 is 1.04 bits per heavy atom. The third-order valence-corrected chi connectivity index (χ3v) is 4.29. The summed E-state index contributed by atoms with van der Waals surface area (Å²) in [5, 5.41) is 10.5. The van der Waals surface area contributed by atoms with Crippen LogP contribution in [0.15, 0.2) is 59.4 Å². The molecule has 1 saturated heterocycles. The number of rotatable bonds is 2. The molecule has 2 atom stereocenters. The van der Waals surface area contributed by atoms with E-state index >= 15 is 0 Å². The van der Waals surface area contributed by atoms with Crippen molar-refractivity contribution in [3.63, 3.8) is 0 Å². The van der Waals surface area contributed by atoms with Gasteiger partial charge in [-0.3, -0.25) is 9.80 Å². The van der Waals surface area contributed by atoms with E-state index in [1.54, 1.807) is 36.4 Å². The zero-order chi connectivity index (χ0) is 18.5. The van der Waals surface area contributed by atoms with Crippen LogP contribution in [-0.2, 0) is 6.18 Å². The van der Waals surface area contributed by atoms with Gasteiger partial charge < -0.3 is 0 Å². The van der Waals surface area contributed by atoms with Gasteiger partial charge in [0.1, 0.15) is 6.04 Å². The minimum absolute atomic E-state index is 0.0345. The van der Waals surface area contributed by atoms with Crippen molar-refractivity contribution < 1.29 is 13.2 Å². The number of alkyl halides is 3. The summed E-state index contributed by atoms with van der Waals surface area (Å²) in [6.45, 7) is 0. The van der Waals surface area contributed by atoms with Crippen LogP contribution < -0.4 is 10.6 Å². The molecule has 2 heterocycles. The largest absolute Gasteiger partial charge is 0.451 e. The summed E-state index contributed by atoms with van der Waals surface area (Å²) in [6.07, 6.45) is -4.84. The van der Waals surface area contributed by atoms with Gasteiger partial charge in [-0.05, 0) is 17.7 Å². The SMILES string of the molecule is N#C[C@@H]1[C@@H](c2ccccc2)N1n1c(C(F)(F)F)nc2ccccc2c1=O. The molecule has 1 aliphatic rings. The Hall–Kier alpha value is -3.34. The van der Waals surface area contributed by atoms with E-state index in [1.807, 2.05) is 6.07 Å². The normalized spacial score (nSPS) is 19.4. The fourth-order valence-corrected chi connectivity index (χ4v) is 3.11. The summed E-state index contributed by atoms with van der Waals surface area (Å²) < 4.78 is 41.2. The molecule has 0 unspecified atom stereocenters.